The minimum Gasteiger partial charge on any atom is -0.411 e. The maximum atomic E-state index is 12.4. The maximum Gasteiger partial charge on any atom is 0.323 e. The number of nitrogens with one attached hydrogen (secondary N) is 3. The Kier molecular flexibility index (Phi) is 4.47. The molecule has 0 aliphatic heterocycles. The van der Waals surface area contributed by atoms with Gasteiger partial charge in [0.05, 0.1) is 16.3 Å². The number of imidazole rings is 1. The largest absolute Gasteiger partial charge is 0.411 e. The number of anilines is 1. The standard InChI is InChI=1S/C17H14N6O3S/c1-9(27-17-23-22-15(26-17)10-4-6-18-7-5-10)14(24)19-11-2-3-12-13(8-11)21-16(25)20-12/h2-9H,1H3,(H,19,24)(H2,20,21,25). The van der Waals surface area contributed by atoms with Gasteiger partial charge in [-0.3, -0.25) is 9.78 Å². The number of benzene rings is 1. The number of fused-ring (bicyclic) bond motifs is 1. The number of hydrogen-bond donors (Lipinski definition) is 3. The third-order valence-electron chi connectivity index (χ3n) is 3.76. The van der Waals surface area contributed by atoms with Gasteiger partial charge in [-0.15, -0.1) is 10.2 Å². The summed E-state index contributed by atoms with van der Waals surface area (Å²) in [4.78, 5) is 33.0. The number of carbonyl (C=O) groups is 1. The van der Waals surface area contributed by atoms with Crippen molar-refractivity contribution >= 4 is 34.4 Å². The van der Waals surface area contributed by atoms with Crippen LogP contribution in [0.4, 0.5) is 5.69 Å². The Bertz CT molecular complexity index is 1150. The lowest BCUT2D eigenvalue weighted by atomic mass is 10.2. The minimum absolute atomic E-state index is 0.221. The van der Waals surface area contributed by atoms with Gasteiger partial charge >= 0.3 is 5.69 Å². The lowest BCUT2D eigenvalue weighted by Crippen LogP contribution is -2.22. The first-order chi connectivity index (χ1) is 13.1. The third kappa shape index (κ3) is 3.75. The van der Waals surface area contributed by atoms with Gasteiger partial charge in [0.2, 0.25) is 11.8 Å². The van der Waals surface area contributed by atoms with Crippen LogP contribution in [0.15, 0.2) is 57.2 Å². The third-order valence-corrected chi connectivity index (χ3v) is 4.70. The molecule has 4 rings (SSSR count). The molecule has 0 aliphatic carbocycles. The van der Waals surface area contributed by atoms with Gasteiger partial charge in [-0.05, 0) is 37.3 Å². The zero-order valence-corrected chi connectivity index (χ0v) is 14.9. The van der Waals surface area contributed by atoms with Crippen LogP contribution < -0.4 is 11.0 Å². The molecule has 9 nitrogen and oxygen atoms in total. The van der Waals surface area contributed by atoms with Crippen molar-refractivity contribution in [3.63, 3.8) is 0 Å². The smallest absolute Gasteiger partial charge is 0.323 e. The average Bonchev–Trinajstić information content (AvgIpc) is 3.27. The number of rotatable bonds is 5. The van der Waals surface area contributed by atoms with Crippen LogP contribution in [0.2, 0.25) is 0 Å². The Morgan fingerprint density at radius 2 is 1.93 bits per heavy atom. The molecule has 1 unspecified atom stereocenters. The predicted octanol–water partition coefficient (Wildman–Crippen LogP) is 2.42. The van der Waals surface area contributed by atoms with Crippen molar-refractivity contribution in [1.29, 1.82) is 0 Å². The number of nitrogens with zero attached hydrogens (tertiary/aromatic N) is 3. The number of pyridine rings is 1. The van der Waals surface area contributed by atoms with Gasteiger partial charge in [0, 0.05) is 23.6 Å². The van der Waals surface area contributed by atoms with E-state index in [1.807, 2.05) is 0 Å². The number of H-pyrrole nitrogens is 2. The Labute approximate surface area is 156 Å². The van der Waals surface area contributed by atoms with Gasteiger partial charge in [-0.25, -0.2) is 4.79 Å². The summed E-state index contributed by atoms with van der Waals surface area (Å²) in [6, 6.07) is 8.66. The van der Waals surface area contributed by atoms with E-state index in [4.69, 9.17) is 4.42 Å². The van der Waals surface area contributed by atoms with Gasteiger partial charge < -0.3 is 19.7 Å². The fourth-order valence-corrected chi connectivity index (χ4v) is 3.11. The molecule has 4 aromatic rings. The summed E-state index contributed by atoms with van der Waals surface area (Å²) in [6.45, 7) is 1.74. The molecular weight excluding hydrogens is 368 g/mol. The lowest BCUT2D eigenvalue weighted by Gasteiger charge is -2.09. The monoisotopic (exact) mass is 382 g/mol. The van der Waals surface area contributed by atoms with Crippen molar-refractivity contribution in [1.82, 2.24) is 25.1 Å². The molecular formula is C17H14N6O3S. The van der Waals surface area contributed by atoms with Gasteiger partial charge in [-0.1, -0.05) is 11.8 Å². The first kappa shape index (κ1) is 17.0. The summed E-state index contributed by atoms with van der Waals surface area (Å²) in [7, 11) is 0. The second kappa shape index (κ2) is 7.08. The Morgan fingerprint density at radius 1 is 1.15 bits per heavy atom. The quantitative estimate of drug-likeness (QED) is 0.452. The number of amides is 1. The van der Waals surface area contributed by atoms with Crippen molar-refractivity contribution in [2.45, 2.75) is 17.4 Å². The molecule has 0 fully saturated rings. The van der Waals surface area contributed by atoms with E-state index in [2.05, 4.69) is 30.5 Å². The van der Waals surface area contributed by atoms with E-state index in [-0.39, 0.29) is 11.6 Å². The second-order valence-electron chi connectivity index (χ2n) is 5.70. The Morgan fingerprint density at radius 3 is 2.74 bits per heavy atom. The zero-order valence-electron chi connectivity index (χ0n) is 14.1. The van der Waals surface area contributed by atoms with Crippen LogP contribution in [0, 0.1) is 0 Å². The number of carbonyl (C=O) groups excluding carboxylic acids is 1. The van der Waals surface area contributed by atoms with Gasteiger partial charge in [0.15, 0.2) is 0 Å². The molecule has 0 bridgehead atoms. The van der Waals surface area contributed by atoms with Crippen molar-refractivity contribution in [3.8, 4) is 11.5 Å². The zero-order chi connectivity index (χ0) is 18.8. The van der Waals surface area contributed by atoms with Gasteiger partial charge in [0.1, 0.15) is 0 Å². The van der Waals surface area contributed by atoms with Crippen LogP contribution in [0.1, 0.15) is 6.92 Å². The van der Waals surface area contributed by atoms with E-state index in [1.54, 1.807) is 49.6 Å². The van der Waals surface area contributed by atoms with E-state index in [0.29, 0.717) is 27.8 Å². The van der Waals surface area contributed by atoms with E-state index < -0.39 is 5.25 Å². The number of hydrogen-bond acceptors (Lipinski definition) is 7. The molecule has 1 atom stereocenters. The highest BCUT2D eigenvalue weighted by atomic mass is 32.2. The summed E-state index contributed by atoms with van der Waals surface area (Å²) in [5.74, 6) is 0.148. The molecule has 0 saturated carbocycles. The summed E-state index contributed by atoms with van der Waals surface area (Å²) in [5.41, 5.74) is 2.35. The molecule has 10 heteroatoms. The predicted molar refractivity (Wildman–Crippen MR) is 100 cm³/mol. The van der Waals surface area contributed by atoms with Crippen LogP contribution in [-0.2, 0) is 4.79 Å². The molecule has 3 heterocycles. The van der Waals surface area contributed by atoms with Crippen molar-refractivity contribution < 1.29 is 9.21 Å². The fourth-order valence-electron chi connectivity index (χ4n) is 2.43. The van der Waals surface area contributed by atoms with Crippen LogP contribution in [0.5, 0.6) is 0 Å². The second-order valence-corrected chi connectivity index (χ2v) is 6.99. The highest BCUT2D eigenvalue weighted by Crippen LogP contribution is 2.26. The SMILES string of the molecule is CC(Sc1nnc(-c2ccncc2)o1)C(=O)Nc1ccc2[nH]c(=O)[nH]c2c1. The summed E-state index contributed by atoms with van der Waals surface area (Å²) >= 11 is 1.16. The molecule has 27 heavy (non-hydrogen) atoms. The highest BCUT2D eigenvalue weighted by Gasteiger charge is 2.19. The van der Waals surface area contributed by atoms with E-state index in [0.717, 1.165) is 17.3 Å². The van der Waals surface area contributed by atoms with E-state index >= 15 is 0 Å². The normalized spacial score (nSPS) is 12.2. The van der Waals surface area contributed by atoms with Crippen molar-refractivity contribution in [3.05, 3.63) is 53.2 Å². The molecule has 0 saturated heterocycles. The van der Waals surface area contributed by atoms with E-state index in [1.165, 1.54) is 0 Å². The molecule has 0 aliphatic rings. The Balaban J connectivity index is 1.43. The van der Waals surface area contributed by atoms with Crippen LogP contribution in [0.25, 0.3) is 22.5 Å². The molecule has 3 N–H and O–H groups in total. The molecule has 3 aromatic heterocycles. The first-order valence-electron chi connectivity index (χ1n) is 8.02. The summed E-state index contributed by atoms with van der Waals surface area (Å²) in [6.07, 6.45) is 3.27. The minimum atomic E-state index is -0.461. The number of thioether (sulfide) groups is 1. The average molecular weight is 382 g/mol. The lowest BCUT2D eigenvalue weighted by molar-refractivity contribution is -0.115. The molecule has 0 spiro atoms. The number of aromatic amines is 2. The van der Waals surface area contributed by atoms with Gasteiger partial charge in [0.25, 0.3) is 5.22 Å². The summed E-state index contributed by atoms with van der Waals surface area (Å²) < 4.78 is 5.59. The van der Waals surface area contributed by atoms with Crippen LogP contribution >= 0.6 is 11.8 Å². The highest BCUT2D eigenvalue weighted by molar-refractivity contribution is 8.00. The van der Waals surface area contributed by atoms with Crippen LogP contribution in [0.3, 0.4) is 0 Å². The van der Waals surface area contributed by atoms with Crippen molar-refractivity contribution in [2.24, 2.45) is 0 Å². The molecule has 0 radical (unpaired) electrons. The molecule has 1 amide bonds. The Hall–Kier alpha value is -3.40. The summed E-state index contributed by atoms with van der Waals surface area (Å²) in [5, 5.41) is 10.6. The number of aromatic nitrogens is 5. The first-order valence-corrected chi connectivity index (χ1v) is 8.90. The maximum absolute atomic E-state index is 12.4. The molecule has 1 aromatic carbocycles. The van der Waals surface area contributed by atoms with Crippen LogP contribution in [-0.4, -0.2) is 36.3 Å². The van der Waals surface area contributed by atoms with Crippen molar-refractivity contribution in [2.75, 3.05) is 5.32 Å². The fraction of sp³-hybridized carbons (Fsp3) is 0.118. The topological polar surface area (TPSA) is 130 Å². The van der Waals surface area contributed by atoms with Gasteiger partial charge in [-0.2, -0.15) is 0 Å². The van der Waals surface area contributed by atoms with E-state index in [9.17, 15) is 9.59 Å². The molecule has 136 valence electrons.